The molecule has 1 N–H and O–H groups in total. The van der Waals surface area contributed by atoms with Crippen LogP contribution in [0.5, 0.6) is 0 Å². The number of carbonyl (C=O) groups is 1. The van der Waals surface area contributed by atoms with E-state index in [-0.39, 0.29) is 11.9 Å². The summed E-state index contributed by atoms with van der Waals surface area (Å²) < 4.78 is 0. The lowest BCUT2D eigenvalue weighted by Gasteiger charge is -2.21. The summed E-state index contributed by atoms with van der Waals surface area (Å²) in [5.41, 5.74) is 0.996. The Labute approximate surface area is 77.1 Å². The number of piperazine rings is 1. The number of carbonyl (C=O) groups excluding carboxylic acids is 1. The van der Waals surface area contributed by atoms with Gasteiger partial charge in [-0.3, -0.25) is 4.79 Å². The van der Waals surface area contributed by atoms with Gasteiger partial charge in [-0.25, -0.2) is 5.32 Å². The highest BCUT2D eigenvalue weighted by Gasteiger charge is 2.23. The van der Waals surface area contributed by atoms with Gasteiger partial charge in [-0.2, -0.15) is 0 Å². The van der Waals surface area contributed by atoms with Crippen molar-refractivity contribution < 1.29 is 4.79 Å². The summed E-state index contributed by atoms with van der Waals surface area (Å²) in [5, 5.41) is 7.03. The molecule has 1 heterocycles. The lowest BCUT2D eigenvalue weighted by molar-refractivity contribution is -0.124. The molecule has 1 saturated heterocycles. The highest BCUT2D eigenvalue weighted by Crippen LogP contribution is 2.14. The van der Waals surface area contributed by atoms with Crippen LogP contribution < -0.4 is 10.6 Å². The highest BCUT2D eigenvalue weighted by molar-refractivity contribution is 5.83. The van der Waals surface area contributed by atoms with Gasteiger partial charge in [-0.05, 0) is 5.56 Å². The molecule has 1 atom stereocenters. The highest BCUT2D eigenvalue weighted by atomic mass is 16.2. The maximum atomic E-state index is 11.4. The van der Waals surface area contributed by atoms with E-state index < -0.39 is 0 Å². The zero-order chi connectivity index (χ0) is 9.10. The average Bonchev–Trinajstić information content (AvgIpc) is 2.20. The predicted octanol–water partition coefficient (Wildman–Crippen LogP) is 0.462. The van der Waals surface area contributed by atoms with Crippen molar-refractivity contribution in [1.82, 2.24) is 10.6 Å². The molecule has 13 heavy (non-hydrogen) atoms. The van der Waals surface area contributed by atoms with E-state index >= 15 is 0 Å². The molecule has 1 aliphatic heterocycles. The third-order valence-corrected chi connectivity index (χ3v) is 2.11. The van der Waals surface area contributed by atoms with E-state index in [0.29, 0.717) is 6.54 Å². The van der Waals surface area contributed by atoms with E-state index in [2.05, 4.69) is 10.6 Å². The number of nitrogens with one attached hydrogen (secondary N) is 1. The molecule has 3 heteroatoms. The number of hydrogen-bond acceptors (Lipinski definition) is 2. The third kappa shape index (κ3) is 1.70. The van der Waals surface area contributed by atoms with Crippen molar-refractivity contribution in [2.45, 2.75) is 6.04 Å². The topological polar surface area (TPSA) is 43.2 Å². The second-order valence-electron chi connectivity index (χ2n) is 3.02. The molecule has 1 radical (unpaired) electrons. The Kier molecular flexibility index (Phi) is 2.27. The van der Waals surface area contributed by atoms with Gasteiger partial charge in [0.2, 0.25) is 0 Å². The molecule has 0 aromatic heterocycles. The Bertz CT molecular complexity index is 297. The Morgan fingerprint density at radius 3 is 2.77 bits per heavy atom. The minimum atomic E-state index is -0.227. The molecule has 1 unspecified atom stereocenters. The summed E-state index contributed by atoms with van der Waals surface area (Å²) in [5.74, 6) is -0.0579. The zero-order valence-electron chi connectivity index (χ0n) is 7.23. The number of rotatable bonds is 1. The van der Waals surface area contributed by atoms with Crippen molar-refractivity contribution in [2.24, 2.45) is 0 Å². The summed E-state index contributed by atoms with van der Waals surface area (Å²) in [7, 11) is 0. The first-order valence-corrected chi connectivity index (χ1v) is 4.37. The number of benzene rings is 1. The molecule has 1 aromatic rings. The van der Waals surface area contributed by atoms with E-state index in [1.165, 1.54) is 0 Å². The summed E-state index contributed by atoms with van der Waals surface area (Å²) in [6, 6.07) is 9.45. The standard InChI is InChI=1S/C10H11N2O/c13-10-9(11-6-7-12-10)8-4-2-1-3-5-8/h1-5,9,11H,6-7H2. The first-order valence-electron chi connectivity index (χ1n) is 4.37. The fourth-order valence-electron chi connectivity index (χ4n) is 1.46. The molecule has 1 amide bonds. The van der Waals surface area contributed by atoms with Crippen molar-refractivity contribution in [1.29, 1.82) is 0 Å². The van der Waals surface area contributed by atoms with Crippen molar-refractivity contribution in [3.63, 3.8) is 0 Å². The minimum Gasteiger partial charge on any atom is -0.300 e. The predicted molar refractivity (Wildman–Crippen MR) is 49.2 cm³/mol. The van der Waals surface area contributed by atoms with Crippen LogP contribution in [0.4, 0.5) is 0 Å². The van der Waals surface area contributed by atoms with Crippen LogP contribution in [-0.2, 0) is 4.79 Å². The second kappa shape index (κ2) is 3.58. The van der Waals surface area contributed by atoms with Gasteiger partial charge >= 0.3 is 0 Å². The van der Waals surface area contributed by atoms with Crippen LogP contribution in [0.15, 0.2) is 30.3 Å². The largest absolute Gasteiger partial charge is 0.300 e. The van der Waals surface area contributed by atoms with Gasteiger partial charge in [0.05, 0.1) is 6.54 Å². The first-order chi connectivity index (χ1) is 6.38. The maximum Gasteiger partial charge on any atom is 0.262 e. The van der Waals surface area contributed by atoms with E-state index in [4.69, 9.17) is 0 Å². The quantitative estimate of drug-likeness (QED) is 0.674. The molecule has 1 aromatic carbocycles. The Morgan fingerprint density at radius 1 is 1.31 bits per heavy atom. The van der Waals surface area contributed by atoms with E-state index in [0.717, 1.165) is 12.1 Å². The number of amides is 1. The van der Waals surface area contributed by atoms with Crippen molar-refractivity contribution in [3.05, 3.63) is 35.9 Å². The average molecular weight is 175 g/mol. The molecule has 0 bridgehead atoms. The summed E-state index contributed by atoms with van der Waals surface area (Å²) in [4.78, 5) is 11.4. The molecule has 3 nitrogen and oxygen atoms in total. The monoisotopic (exact) mass is 175 g/mol. The minimum absolute atomic E-state index is 0.0579. The molecule has 1 fully saturated rings. The van der Waals surface area contributed by atoms with Crippen LogP contribution >= 0.6 is 0 Å². The fourth-order valence-corrected chi connectivity index (χ4v) is 1.46. The molecular weight excluding hydrogens is 164 g/mol. The molecule has 0 saturated carbocycles. The molecule has 0 spiro atoms. The Hall–Kier alpha value is -1.35. The molecule has 67 valence electrons. The van der Waals surface area contributed by atoms with Gasteiger partial charge in [-0.15, -0.1) is 0 Å². The van der Waals surface area contributed by atoms with Crippen LogP contribution in [0.3, 0.4) is 0 Å². The fraction of sp³-hybridized carbons (Fsp3) is 0.300. The van der Waals surface area contributed by atoms with E-state index in [1.54, 1.807) is 0 Å². The van der Waals surface area contributed by atoms with Gasteiger partial charge in [0.15, 0.2) is 0 Å². The summed E-state index contributed by atoms with van der Waals surface area (Å²) in [6.07, 6.45) is 0. The van der Waals surface area contributed by atoms with Crippen LogP contribution in [0.2, 0.25) is 0 Å². The summed E-state index contributed by atoms with van der Waals surface area (Å²) in [6.45, 7) is 1.38. The molecule has 2 rings (SSSR count). The number of nitrogens with zero attached hydrogens (tertiary/aromatic N) is 1. The smallest absolute Gasteiger partial charge is 0.262 e. The van der Waals surface area contributed by atoms with Crippen molar-refractivity contribution in [3.8, 4) is 0 Å². The first kappa shape index (κ1) is 8.26. The molecular formula is C10H11N2O. The van der Waals surface area contributed by atoms with Gasteiger partial charge in [0.25, 0.3) is 5.91 Å². The number of hydrogen-bond donors (Lipinski definition) is 1. The second-order valence-corrected chi connectivity index (χ2v) is 3.02. The van der Waals surface area contributed by atoms with Crippen LogP contribution in [-0.4, -0.2) is 19.0 Å². The SMILES string of the molecule is O=C1[N]CCNC1c1ccccc1. The van der Waals surface area contributed by atoms with Crippen LogP contribution in [0, 0.1) is 0 Å². The van der Waals surface area contributed by atoms with Crippen LogP contribution in [0.25, 0.3) is 0 Å². The van der Waals surface area contributed by atoms with Crippen molar-refractivity contribution in [2.75, 3.05) is 13.1 Å². The molecule has 0 aliphatic carbocycles. The van der Waals surface area contributed by atoms with Crippen molar-refractivity contribution >= 4 is 5.91 Å². The van der Waals surface area contributed by atoms with E-state index in [1.807, 2.05) is 30.3 Å². The van der Waals surface area contributed by atoms with Gasteiger partial charge in [0.1, 0.15) is 6.04 Å². The lowest BCUT2D eigenvalue weighted by Crippen LogP contribution is -2.43. The maximum absolute atomic E-state index is 11.4. The lowest BCUT2D eigenvalue weighted by atomic mass is 10.1. The van der Waals surface area contributed by atoms with Crippen LogP contribution in [0.1, 0.15) is 11.6 Å². The van der Waals surface area contributed by atoms with Gasteiger partial charge in [-0.1, -0.05) is 30.3 Å². The zero-order valence-corrected chi connectivity index (χ0v) is 7.23. The molecule has 1 aliphatic rings. The summed E-state index contributed by atoms with van der Waals surface area (Å²) >= 11 is 0. The Balaban J connectivity index is 2.20. The van der Waals surface area contributed by atoms with Gasteiger partial charge < -0.3 is 5.32 Å². The van der Waals surface area contributed by atoms with E-state index in [9.17, 15) is 4.79 Å². The third-order valence-electron chi connectivity index (χ3n) is 2.11. The normalized spacial score (nSPS) is 22.5. The Morgan fingerprint density at radius 2 is 2.08 bits per heavy atom. The van der Waals surface area contributed by atoms with Gasteiger partial charge in [0, 0.05) is 6.54 Å².